The van der Waals surface area contributed by atoms with Crippen LogP contribution >= 0.6 is 0 Å². The fraction of sp³-hybridized carbons (Fsp3) is 0.667. The molecule has 0 aromatic rings. The molecule has 0 radical (unpaired) electrons. The number of carbonyl (C=O) groups excluding carboxylic acids is 2. The van der Waals surface area contributed by atoms with Gasteiger partial charge in [0.15, 0.2) is 0 Å². The molecule has 2 saturated heterocycles. The van der Waals surface area contributed by atoms with Crippen LogP contribution in [0.5, 0.6) is 0 Å². The monoisotopic (exact) mass is 277 g/mol. The van der Waals surface area contributed by atoms with Crippen LogP contribution in [-0.4, -0.2) is 41.6 Å². The molecule has 1 amide bonds. The lowest BCUT2D eigenvalue weighted by molar-refractivity contribution is -0.157. The van der Waals surface area contributed by atoms with Crippen molar-refractivity contribution in [3.05, 3.63) is 11.6 Å². The first kappa shape index (κ1) is 13.9. The lowest BCUT2D eigenvalue weighted by atomic mass is 9.92. The predicted octanol–water partition coefficient (Wildman–Crippen LogP) is 1.80. The molecule has 0 aromatic carbocycles. The number of halogens is 3. The van der Waals surface area contributed by atoms with Crippen molar-refractivity contribution in [3.8, 4) is 0 Å². The van der Waals surface area contributed by atoms with E-state index in [-0.39, 0.29) is 50.0 Å². The minimum absolute atomic E-state index is 0.0496. The maximum atomic E-state index is 12.4. The smallest absolute Gasteiger partial charge is 0.409 e. The highest BCUT2D eigenvalue weighted by molar-refractivity contribution is 5.93. The molecule has 1 atom stereocenters. The van der Waals surface area contributed by atoms with Gasteiger partial charge in [0.05, 0.1) is 6.61 Å². The van der Waals surface area contributed by atoms with Gasteiger partial charge in [-0.3, -0.25) is 4.79 Å². The predicted molar refractivity (Wildman–Crippen MR) is 59.1 cm³/mol. The summed E-state index contributed by atoms with van der Waals surface area (Å²) in [5.41, 5.74) is -1.17. The number of esters is 1. The lowest BCUT2D eigenvalue weighted by Gasteiger charge is -2.28. The van der Waals surface area contributed by atoms with Crippen molar-refractivity contribution in [3.63, 3.8) is 0 Å². The van der Waals surface area contributed by atoms with Gasteiger partial charge in [-0.1, -0.05) is 0 Å². The van der Waals surface area contributed by atoms with Gasteiger partial charge in [-0.2, -0.15) is 13.2 Å². The van der Waals surface area contributed by atoms with Crippen LogP contribution < -0.4 is 0 Å². The number of amides is 1. The van der Waals surface area contributed by atoms with Gasteiger partial charge in [-0.05, 0) is 18.9 Å². The molecule has 0 N–H and O–H groups in total. The Morgan fingerprint density at radius 2 is 2.21 bits per heavy atom. The Kier molecular flexibility index (Phi) is 3.32. The molecule has 2 aliphatic rings. The molecule has 106 valence electrons. The minimum Gasteiger partial charge on any atom is -0.464 e. The van der Waals surface area contributed by atoms with Crippen LogP contribution in [0.3, 0.4) is 0 Å². The van der Waals surface area contributed by atoms with Crippen LogP contribution in [0.15, 0.2) is 11.6 Å². The highest BCUT2D eigenvalue weighted by atomic mass is 19.4. The van der Waals surface area contributed by atoms with E-state index in [4.69, 9.17) is 4.74 Å². The molecule has 2 heterocycles. The fourth-order valence-corrected chi connectivity index (χ4v) is 2.76. The van der Waals surface area contributed by atoms with Crippen LogP contribution in [0.1, 0.15) is 26.2 Å². The Hall–Kier alpha value is -1.53. The molecular formula is C12H14F3NO3. The molecule has 2 fully saturated rings. The first-order valence-corrected chi connectivity index (χ1v) is 6.03. The summed E-state index contributed by atoms with van der Waals surface area (Å²) in [7, 11) is 0. The van der Waals surface area contributed by atoms with Crippen molar-refractivity contribution in [2.45, 2.75) is 37.9 Å². The van der Waals surface area contributed by atoms with Crippen LogP contribution in [0.25, 0.3) is 0 Å². The second-order valence-electron chi connectivity index (χ2n) is 4.75. The summed E-state index contributed by atoms with van der Waals surface area (Å²) >= 11 is 0. The van der Waals surface area contributed by atoms with E-state index in [0.717, 1.165) is 0 Å². The number of nitrogens with zero attached hydrogens (tertiary/aromatic N) is 1. The van der Waals surface area contributed by atoms with Crippen molar-refractivity contribution in [2.75, 3.05) is 13.2 Å². The van der Waals surface area contributed by atoms with Crippen LogP contribution in [-0.2, 0) is 14.3 Å². The molecule has 0 saturated carbocycles. The second kappa shape index (κ2) is 4.54. The van der Waals surface area contributed by atoms with Gasteiger partial charge in [-0.15, -0.1) is 0 Å². The van der Waals surface area contributed by atoms with Gasteiger partial charge in [0.1, 0.15) is 5.54 Å². The van der Waals surface area contributed by atoms with E-state index in [1.807, 2.05) is 0 Å². The van der Waals surface area contributed by atoms with E-state index < -0.39 is 17.7 Å². The summed E-state index contributed by atoms with van der Waals surface area (Å²) < 4.78 is 42.0. The first-order chi connectivity index (χ1) is 8.78. The number of carbonyl (C=O) groups is 2. The van der Waals surface area contributed by atoms with Crippen molar-refractivity contribution in [1.82, 2.24) is 4.90 Å². The van der Waals surface area contributed by atoms with Crippen molar-refractivity contribution < 1.29 is 27.5 Å². The minimum atomic E-state index is -4.44. The SMILES string of the molecule is CCOC(=O)C12CCC(=O)N1CC(=CC(F)(F)F)C2. The highest BCUT2D eigenvalue weighted by Crippen LogP contribution is 2.43. The second-order valence-corrected chi connectivity index (χ2v) is 4.75. The average molecular weight is 277 g/mol. The van der Waals surface area contributed by atoms with Gasteiger partial charge in [0, 0.05) is 25.5 Å². The molecule has 0 aromatic heterocycles. The van der Waals surface area contributed by atoms with Gasteiger partial charge in [-0.25, -0.2) is 4.79 Å². The molecule has 0 bridgehead atoms. The van der Waals surface area contributed by atoms with E-state index in [0.29, 0.717) is 0 Å². The third kappa shape index (κ3) is 2.46. The normalized spacial score (nSPS) is 28.9. The Morgan fingerprint density at radius 1 is 1.53 bits per heavy atom. The van der Waals surface area contributed by atoms with E-state index in [9.17, 15) is 22.8 Å². The number of ether oxygens (including phenoxy) is 1. The average Bonchev–Trinajstić information content (AvgIpc) is 2.76. The Bertz CT molecular complexity index is 444. The molecule has 2 rings (SSSR count). The van der Waals surface area contributed by atoms with Crippen LogP contribution in [0.4, 0.5) is 13.2 Å². The van der Waals surface area contributed by atoms with E-state index in [2.05, 4.69) is 0 Å². The molecule has 19 heavy (non-hydrogen) atoms. The maximum absolute atomic E-state index is 12.4. The lowest BCUT2D eigenvalue weighted by Crippen LogP contribution is -2.48. The Labute approximate surface area is 108 Å². The maximum Gasteiger partial charge on any atom is 0.409 e. The van der Waals surface area contributed by atoms with Gasteiger partial charge < -0.3 is 9.64 Å². The fourth-order valence-electron chi connectivity index (χ4n) is 2.76. The molecule has 1 unspecified atom stereocenters. The summed E-state index contributed by atoms with van der Waals surface area (Å²) in [6.07, 6.45) is -3.94. The third-order valence-corrected chi connectivity index (χ3v) is 3.47. The first-order valence-electron chi connectivity index (χ1n) is 6.03. The quantitative estimate of drug-likeness (QED) is 0.571. The Balaban J connectivity index is 2.29. The van der Waals surface area contributed by atoms with Crippen molar-refractivity contribution in [1.29, 1.82) is 0 Å². The summed E-state index contributed by atoms with van der Waals surface area (Å²) in [5.74, 6) is -0.898. The highest BCUT2D eigenvalue weighted by Gasteiger charge is 2.56. The third-order valence-electron chi connectivity index (χ3n) is 3.47. The summed E-state index contributed by atoms with van der Waals surface area (Å²) in [5, 5.41) is 0. The number of fused-ring (bicyclic) bond motifs is 1. The molecule has 0 aliphatic carbocycles. The van der Waals surface area contributed by atoms with Crippen molar-refractivity contribution in [2.24, 2.45) is 0 Å². The number of hydrogen-bond donors (Lipinski definition) is 0. The molecule has 4 nitrogen and oxygen atoms in total. The molecular weight excluding hydrogens is 263 g/mol. The van der Waals surface area contributed by atoms with Gasteiger partial charge in [0.25, 0.3) is 0 Å². The van der Waals surface area contributed by atoms with Crippen LogP contribution in [0, 0.1) is 0 Å². The zero-order valence-electron chi connectivity index (χ0n) is 10.4. The number of alkyl halides is 3. The number of allylic oxidation sites excluding steroid dienone is 1. The number of rotatable bonds is 2. The van der Waals surface area contributed by atoms with Gasteiger partial charge >= 0.3 is 12.1 Å². The zero-order chi connectivity index (χ0) is 14.3. The molecule has 7 heteroatoms. The summed E-state index contributed by atoms with van der Waals surface area (Å²) in [6, 6.07) is 0. The molecule has 2 aliphatic heterocycles. The standard InChI is InChI=1S/C12H14F3NO3/c1-2-19-10(18)11-4-3-9(17)16(11)7-8(5-11)6-12(13,14)15/h6H,2-5,7H2,1H3. The molecule has 0 spiro atoms. The number of hydrogen-bond acceptors (Lipinski definition) is 3. The van der Waals surface area contributed by atoms with E-state index >= 15 is 0 Å². The van der Waals surface area contributed by atoms with Gasteiger partial charge in [0.2, 0.25) is 5.91 Å². The topological polar surface area (TPSA) is 46.6 Å². The van der Waals surface area contributed by atoms with E-state index in [1.165, 1.54) is 4.90 Å². The Morgan fingerprint density at radius 3 is 2.79 bits per heavy atom. The summed E-state index contributed by atoms with van der Waals surface area (Å²) in [6.45, 7) is 1.62. The van der Waals surface area contributed by atoms with Crippen LogP contribution in [0.2, 0.25) is 0 Å². The largest absolute Gasteiger partial charge is 0.464 e. The zero-order valence-corrected chi connectivity index (χ0v) is 10.4. The van der Waals surface area contributed by atoms with E-state index in [1.54, 1.807) is 6.92 Å². The summed E-state index contributed by atoms with van der Waals surface area (Å²) in [4.78, 5) is 24.9. The van der Waals surface area contributed by atoms with Crippen molar-refractivity contribution >= 4 is 11.9 Å².